The van der Waals surface area contributed by atoms with E-state index in [4.69, 9.17) is 10.5 Å². The van der Waals surface area contributed by atoms with E-state index in [0.717, 1.165) is 0 Å². The SMILES string of the molecule is CN=C(N)c1ccc(F)c(OC)c1. The van der Waals surface area contributed by atoms with E-state index in [1.54, 1.807) is 13.1 Å². The molecule has 0 spiro atoms. The number of nitrogens with two attached hydrogens (primary N) is 1. The van der Waals surface area contributed by atoms with Crippen LogP contribution in [0, 0.1) is 5.82 Å². The molecular formula is C9H11FN2O. The fourth-order valence-electron chi connectivity index (χ4n) is 0.948. The molecule has 0 saturated carbocycles. The van der Waals surface area contributed by atoms with Crippen LogP contribution in [0.5, 0.6) is 5.75 Å². The molecule has 2 N–H and O–H groups in total. The van der Waals surface area contributed by atoms with Gasteiger partial charge < -0.3 is 10.5 Å². The van der Waals surface area contributed by atoms with Crippen molar-refractivity contribution in [1.29, 1.82) is 0 Å². The maximum absolute atomic E-state index is 12.9. The molecule has 0 radical (unpaired) electrons. The molecule has 1 rings (SSSR count). The van der Waals surface area contributed by atoms with Gasteiger partial charge in [-0.1, -0.05) is 0 Å². The molecule has 0 aromatic heterocycles. The van der Waals surface area contributed by atoms with Crippen LogP contribution >= 0.6 is 0 Å². The summed E-state index contributed by atoms with van der Waals surface area (Å²) in [5, 5.41) is 0. The number of methoxy groups -OCH3 is 1. The molecule has 0 aliphatic rings. The molecule has 0 heterocycles. The molecule has 0 amide bonds. The van der Waals surface area contributed by atoms with Gasteiger partial charge in [0.2, 0.25) is 0 Å². The monoisotopic (exact) mass is 182 g/mol. The Morgan fingerprint density at radius 1 is 1.54 bits per heavy atom. The van der Waals surface area contributed by atoms with Gasteiger partial charge in [-0.2, -0.15) is 0 Å². The number of benzene rings is 1. The molecule has 0 fully saturated rings. The summed E-state index contributed by atoms with van der Waals surface area (Å²) in [7, 11) is 2.98. The Labute approximate surface area is 76.0 Å². The summed E-state index contributed by atoms with van der Waals surface area (Å²) in [6.07, 6.45) is 0. The lowest BCUT2D eigenvalue weighted by molar-refractivity contribution is 0.386. The lowest BCUT2D eigenvalue weighted by Crippen LogP contribution is -2.13. The van der Waals surface area contributed by atoms with Crippen LogP contribution in [0.2, 0.25) is 0 Å². The molecule has 3 nitrogen and oxygen atoms in total. The zero-order valence-corrected chi connectivity index (χ0v) is 7.54. The lowest BCUT2D eigenvalue weighted by atomic mass is 10.2. The standard InChI is InChI=1S/C9H11FN2O/c1-12-9(11)6-3-4-7(10)8(5-6)13-2/h3-5H,1-2H3,(H2,11,12). The van der Waals surface area contributed by atoms with Crippen molar-refractivity contribution in [1.82, 2.24) is 0 Å². The van der Waals surface area contributed by atoms with Gasteiger partial charge in [0, 0.05) is 12.6 Å². The number of aliphatic imine (C=N–C) groups is 1. The second kappa shape index (κ2) is 3.89. The Bertz CT molecular complexity index is 336. The molecule has 0 unspecified atom stereocenters. The van der Waals surface area contributed by atoms with Crippen LogP contribution in [0.3, 0.4) is 0 Å². The van der Waals surface area contributed by atoms with Crippen molar-refractivity contribution in [2.45, 2.75) is 0 Å². The van der Waals surface area contributed by atoms with Crippen molar-refractivity contribution in [3.63, 3.8) is 0 Å². The van der Waals surface area contributed by atoms with Gasteiger partial charge in [0.05, 0.1) is 7.11 Å². The number of rotatable bonds is 2. The minimum Gasteiger partial charge on any atom is -0.494 e. The number of hydrogen-bond donors (Lipinski definition) is 1. The van der Waals surface area contributed by atoms with E-state index in [1.165, 1.54) is 19.2 Å². The molecule has 0 aliphatic carbocycles. The Morgan fingerprint density at radius 3 is 2.77 bits per heavy atom. The van der Waals surface area contributed by atoms with Crippen molar-refractivity contribution in [2.75, 3.05) is 14.2 Å². The molecular weight excluding hydrogens is 171 g/mol. The van der Waals surface area contributed by atoms with E-state index in [-0.39, 0.29) is 5.75 Å². The molecule has 0 atom stereocenters. The zero-order valence-electron chi connectivity index (χ0n) is 7.54. The topological polar surface area (TPSA) is 47.6 Å². The van der Waals surface area contributed by atoms with Crippen molar-refractivity contribution >= 4 is 5.84 Å². The summed E-state index contributed by atoms with van der Waals surface area (Å²) >= 11 is 0. The summed E-state index contributed by atoms with van der Waals surface area (Å²) < 4.78 is 17.7. The Morgan fingerprint density at radius 2 is 2.23 bits per heavy atom. The van der Waals surface area contributed by atoms with Crippen molar-refractivity contribution < 1.29 is 9.13 Å². The number of nitrogens with zero attached hydrogens (tertiary/aromatic N) is 1. The predicted octanol–water partition coefficient (Wildman–Crippen LogP) is 1.17. The van der Waals surface area contributed by atoms with Crippen LogP contribution < -0.4 is 10.5 Å². The Balaban J connectivity index is 3.13. The second-order valence-electron chi connectivity index (χ2n) is 2.46. The van der Waals surface area contributed by atoms with Crippen molar-refractivity contribution in [3.8, 4) is 5.75 Å². The number of halogens is 1. The van der Waals surface area contributed by atoms with Crippen LogP contribution in [0.25, 0.3) is 0 Å². The molecule has 1 aromatic rings. The van der Waals surface area contributed by atoms with Gasteiger partial charge in [-0.05, 0) is 18.2 Å². The lowest BCUT2D eigenvalue weighted by Gasteiger charge is -2.04. The summed E-state index contributed by atoms with van der Waals surface area (Å²) in [5.41, 5.74) is 6.19. The third kappa shape index (κ3) is 1.96. The summed E-state index contributed by atoms with van der Waals surface area (Å²) in [6, 6.07) is 4.37. The first-order valence-electron chi connectivity index (χ1n) is 3.75. The first-order chi connectivity index (χ1) is 6.19. The highest BCUT2D eigenvalue weighted by Gasteiger charge is 2.04. The molecule has 0 bridgehead atoms. The number of amidine groups is 1. The number of hydrogen-bond acceptors (Lipinski definition) is 2. The van der Waals surface area contributed by atoms with E-state index in [9.17, 15) is 4.39 Å². The van der Waals surface area contributed by atoms with Crippen LogP contribution in [-0.4, -0.2) is 20.0 Å². The van der Waals surface area contributed by atoms with Gasteiger partial charge in [0.15, 0.2) is 11.6 Å². The third-order valence-corrected chi connectivity index (χ3v) is 1.69. The summed E-state index contributed by atoms with van der Waals surface area (Å²) in [5.74, 6) is 0.123. The van der Waals surface area contributed by atoms with Gasteiger partial charge >= 0.3 is 0 Å². The van der Waals surface area contributed by atoms with Crippen molar-refractivity contribution in [3.05, 3.63) is 29.6 Å². The Kier molecular flexibility index (Phi) is 2.84. The molecule has 0 saturated heterocycles. The molecule has 1 aromatic carbocycles. The Hall–Kier alpha value is -1.58. The maximum Gasteiger partial charge on any atom is 0.165 e. The van der Waals surface area contributed by atoms with Gasteiger partial charge in [0.1, 0.15) is 5.84 Å². The van der Waals surface area contributed by atoms with E-state index in [0.29, 0.717) is 11.4 Å². The smallest absolute Gasteiger partial charge is 0.165 e. The van der Waals surface area contributed by atoms with E-state index in [1.807, 2.05) is 0 Å². The number of ether oxygens (including phenoxy) is 1. The van der Waals surface area contributed by atoms with Crippen LogP contribution in [0.1, 0.15) is 5.56 Å². The van der Waals surface area contributed by atoms with Gasteiger partial charge in [-0.3, -0.25) is 4.99 Å². The highest BCUT2D eigenvalue weighted by atomic mass is 19.1. The quantitative estimate of drug-likeness (QED) is 0.551. The largest absolute Gasteiger partial charge is 0.494 e. The minimum absolute atomic E-state index is 0.170. The van der Waals surface area contributed by atoms with Crippen LogP contribution in [-0.2, 0) is 0 Å². The summed E-state index contributed by atoms with van der Waals surface area (Å²) in [6.45, 7) is 0. The fraction of sp³-hybridized carbons (Fsp3) is 0.222. The average Bonchev–Trinajstić information content (AvgIpc) is 2.17. The predicted molar refractivity (Wildman–Crippen MR) is 49.6 cm³/mol. The highest BCUT2D eigenvalue weighted by Crippen LogP contribution is 2.17. The average molecular weight is 182 g/mol. The fourth-order valence-corrected chi connectivity index (χ4v) is 0.948. The molecule has 13 heavy (non-hydrogen) atoms. The van der Waals surface area contributed by atoms with Gasteiger partial charge in [-0.25, -0.2) is 4.39 Å². The van der Waals surface area contributed by atoms with Crippen molar-refractivity contribution in [2.24, 2.45) is 10.7 Å². The van der Waals surface area contributed by atoms with E-state index >= 15 is 0 Å². The minimum atomic E-state index is -0.407. The normalized spacial score (nSPS) is 11.5. The highest BCUT2D eigenvalue weighted by molar-refractivity contribution is 5.97. The molecule has 4 heteroatoms. The van der Waals surface area contributed by atoms with Gasteiger partial charge in [-0.15, -0.1) is 0 Å². The first kappa shape index (κ1) is 9.51. The van der Waals surface area contributed by atoms with E-state index in [2.05, 4.69) is 4.99 Å². The van der Waals surface area contributed by atoms with E-state index < -0.39 is 5.82 Å². The molecule has 70 valence electrons. The second-order valence-corrected chi connectivity index (χ2v) is 2.46. The van der Waals surface area contributed by atoms with Crippen LogP contribution in [0.4, 0.5) is 4.39 Å². The first-order valence-corrected chi connectivity index (χ1v) is 3.75. The van der Waals surface area contributed by atoms with Crippen LogP contribution in [0.15, 0.2) is 23.2 Å². The zero-order chi connectivity index (χ0) is 9.84. The van der Waals surface area contributed by atoms with Gasteiger partial charge in [0.25, 0.3) is 0 Å². The third-order valence-electron chi connectivity index (χ3n) is 1.69. The summed E-state index contributed by atoms with van der Waals surface area (Å²) in [4.78, 5) is 3.78. The molecule has 0 aliphatic heterocycles. The maximum atomic E-state index is 12.9.